The Morgan fingerprint density at radius 1 is 1.57 bits per heavy atom. The van der Waals surface area contributed by atoms with Crippen LogP contribution in [0.2, 0.25) is 0 Å². The number of carbonyl (C=O) groups is 2. The van der Waals surface area contributed by atoms with Crippen LogP contribution in [-0.4, -0.2) is 52.8 Å². The molecule has 1 saturated heterocycles. The van der Waals surface area contributed by atoms with Gasteiger partial charge in [-0.1, -0.05) is 0 Å². The first-order valence-corrected chi connectivity index (χ1v) is 7.66. The zero-order valence-corrected chi connectivity index (χ0v) is 12.9. The lowest BCUT2D eigenvalue weighted by Gasteiger charge is -2.29. The zero-order valence-electron chi connectivity index (χ0n) is 12.0. The van der Waals surface area contributed by atoms with Gasteiger partial charge < -0.3 is 20.1 Å². The van der Waals surface area contributed by atoms with Gasteiger partial charge in [-0.25, -0.2) is 9.78 Å². The summed E-state index contributed by atoms with van der Waals surface area (Å²) in [6, 6.07) is -0.692. The summed E-state index contributed by atoms with van der Waals surface area (Å²) < 4.78 is 5.22. The predicted molar refractivity (Wildman–Crippen MR) is 77.2 cm³/mol. The topological polar surface area (TPSA) is 91.8 Å². The molecular weight excluding hydrogens is 294 g/mol. The minimum atomic E-state index is -0.929. The lowest BCUT2D eigenvalue weighted by atomic mass is 10.0. The van der Waals surface area contributed by atoms with Crippen LogP contribution in [0.15, 0.2) is 5.51 Å². The Hall–Kier alpha value is -1.67. The van der Waals surface area contributed by atoms with E-state index in [-0.39, 0.29) is 19.2 Å². The van der Waals surface area contributed by atoms with E-state index in [4.69, 9.17) is 4.74 Å². The second-order valence-corrected chi connectivity index (χ2v) is 5.79. The van der Waals surface area contributed by atoms with E-state index in [2.05, 4.69) is 10.3 Å². The largest absolute Gasteiger partial charge is 0.481 e. The molecule has 116 valence electrons. The second kappa shape index (κ2) is 6.86. The van der Waals surface area contributed by atoms with Crippen LogP contribution in [0, 0.1) is 12.8 Å². The lowest BCUT2D eigenvalue weighted by molar-refractivity contribution is -0.142. The molecule has 2 heterocycles. The van der Waals surface area contributed by atoms with Gasteiger partial charge in [0, 0.05) is 11.4 Å². The number of carboxylic acids is 1. The third-order valence-electron chi connectivity index (χ3n) is 3.61. The van der Waals surface area contributed by atoms with Gasteiger partial charge in [-0.2, -0.15) is 0 Å². The van der Waals surface area contributed by atoms with E-state index in [1.807, 2.05) is 13.8 Å². The van der Waals surface area contributed by atoms with Gasteiger partial charge in [-0.05, 0) is 13.8 Å². The maximum Gasteiger partial charge on any atom is 0.318 e. The highest BCUT2D eigenvalue weighted by Gasteiger charge is 2.39. The molecule has 1 aliphatic rings. The highest BCUT2D eigenvalue weighted by atomic mass is 32.1. The summed E-state index contributed by atoms with van der Waals surface area (Å²) in [6.45, 7) is 4.97. The molecule has 0 aliphatic carbocycles. The van der Waals surface area contributed by atoms with Crippen molar-refractivity contribution in [3.8, 4) is 0 Å². The van der Waals surface area contributed by atoms with Crippen molar-refractivity contribution in [2.24, 2.45) is 5.92 Å². The standard InChI is InChI=1S/C13H19N3O4S/c1-3-16(10-6-20-5-9(10)12(17)18)13(19)14-4-11-8(2)15-7-21-11/h7,9-10H,3-6H2,1-2H3,(H,14,19)(H,17,18). The van der Waals surface area contributed by atoms with Gasteiger partial charge in [0.05, 0.1) is 37.0 Å². The zero-order chi connectivity index (χ0) is 15.4. The molecular formula is C13H19N3O4S. The molecule has 8 heteroatoms. The van der Waals surface area contributed by atoms with Crippen LogP contribution in [0.5, 0.6) is 0 Å². The molecule has 2 rings (SSSR count). The maximum atomic E-state index is 12.3. The first-order chi connectivity index (χ1) is 10.0. The summed E-state index contributed by atoms with van der Waals surface area (Å²) >= 11 is 1.49. The molecule has 2 N–H and O–H groups in total. The fourth-order valence-corrected chi connectivity index (χ4v) is 3.08. The number of thiazole rings is 1. The van der Waals surface area contributed by atoms with Crippen molar-refractivity contribution in [1.29, 1.82) is 0 Å². The molecule has 0 aromatic carbocycles. The van der Waals surface area contributed by atoms with Crippen molar-refractivity contribution in [2.75, 3.05) is 19.8 Å². The van der Waals surface area contributed by atoms with E-state index < -0.39 is 17.9 Å². The van der Waals surface area contributed by atoms with Crippen LogP contribution in [0.1, 0.15) is 17.5 Å². The number of carbonyl (C=O) groups excluding carboxylic acids is 1. The molecule has 2 amide bonds. The molecule has 1 aromatic rings. The van der Waals surface area contributed by atoms with E-state index in [1.54, 1.807) is 5.51 Å². The number of amides is 2. The Bertz CT molecular complexity index is 519. The van der Waals surface area contributed by atoms with Crippen LogP contribution >= 0.6 is 11.3 Å². The number of hydrogen-bond donors (Lipinski definition) is 2. The summed E-state index contributed by atoms with van der Waals surface area (Å²) in [7, 11) is 0. The number of hydrogen-bond acceptors (Lipinski definition) is 5. The molecule has 7 nitrogen and oxygen atoms in total. The van der Waals surface area contributed by atoms with Gasteiger partial charge in [0.25, 0.3) is 0 Å². The van der Waals surface area contributed by atoms with Gasteiger partial charge in [-0.15, -0.1) is 11.3 Å². The number of urea groups is 1. The average molecular weight is 313 g/mol. The molecule has 2 unspecified atom stereocenters. The molecule has 2 atom stereocenters. The molecule has 21 heavy (non-hydrogen) atoms. The normalized spacial score (nSPS) is 21.2. The van der Waals surface area contributed by atoms with Crippen molar-refractivity contribution < 1.29 is 19.4 Å². The number of rotatable bonds is 5. The number of aliphatic carboxylic acids is 1. The van der Waals surface area contributed by atoms with Crippen LogP contribution in [0.4, 0.5) is 4.79 Å². The molecule has 1 aromatic heterocycles. The van der Waals surface area contributed by atoms with Gasteiger partial charge in [0.1, 0.15) is 5.92 Å². The van der Waals surface area contributed by atoms with Crippen molar-refractivity contribution in [2.45, 2.75) is 26.4 Å². The number of nitrogens with one attached hydrogen (secondary N) is 1. The molecule has 0 saturated carbocycles. The van der Waals surface area contributed by atoms with Crippen molar-refractivity contribution in [3.05, 3.63) is 16.1 Å². The maximum absolute atomic E-state index is 12.3. The number of aromatic nitrogens is 1. The Morgan fingerprint density at radius 3 is 2.90 bits per heavy atom. The fraction of sp³-hybridized carbons (Fsp3) is 0.615. The van der Waals surface area contributed by atoms with Crippen molar-refractivity contribution >= 4 is 23.3 Å². The lowest BCUT2D eigenvalue weighted by Crippen LogP contribution is -2.50. The summed E-state index contributed by atoms with van der Waals surface area (Å²) in [6.07, 6.45) is 0. The van der Waals surface area contributed by atoms with Gasteiger partial charge in [0.15, 0.2) is 0 Å². The fourth-order valence-electron chi connectivity index (χ4n) is 2.37. The summed E-state index contributed by atoms with van der Waals surface area (Å²) in [4.78, 5) is 30.1. The van der Waals surface area contributed by atoms with Gasteiger partial charge >= 0.3 is 12.0 Å². The third kappa shape index (κ3) is 3.51. The Balaban J connectivity index is 1.98. The summed E-state index contributed by atoms with van der Waals surface area (Å²) in [5, 5.41) is 12.0. The molecule has 0 bridgehead atoms. The number of nitrogens with zero attached hydrogens (tertiary/aromatic N) is 2. The van der Waals surface area contributed by atoms with Gasteiger partial charge in [-0.3, -0.25) is 4.79 Å². The van der Waals surface area contributed by atoms with E-state index in [9.17, 15) is 14.7 Å². The molecule has 0 radical (unpaired) electrons. The van der Waals surface area contributed by atoms with E-state index >= 15 is 0 Å². The Morgan fingerprint density at radius 2 is 2.33 bits per heavy atom. The first kappa shape index (κ1) is 15.7. The smallest absolute Gasteiger partial charge is 0.318 e. The quantitative estimate of drug-likeness (QED) is 0.849. The third-order valence-corrected chi connectivity index (χ3v) is 4.55. The molecule has 0 spiro atoms. The highest BCUT2D eigenvalue weighted by Crippen LogP contribution is 2.20. The number of aryl methyl sites for hydroxylation is 1. The van der Waals surface area contributed by atoms with Crippen LogP contribution < -0.4 is 5.32 Å². The van der Waals surface area contributed by atoms with Crippen LogP contribution in [0.3, 0.4) is 0 Å². The van der Waals surface area contributed by atoms with E-state index in [1.165, 1.54) is 16.2 Å². The van der Waals surface area contributed by atoms with E-state index in [0.29, 0.717) is 13.1 Å². The molecule has 1 fully saturated rings. The van der Waals surface area contributed by atoms with Gasteiger partial charge in [0.2, 0.25) is 0 Å². The Kier molecular flexibility index (Phi) is 5.13. The van der Waals surface area contributed by atoms with Crippen molar-refractivity contribution in [3.63, 3.8) is 0 Å². The van der Waals surface area contributed by atoms with E-state index in [0.717, 1.165) is 10.6 Å². The average Bonchev–Trinajstić information content (AvgIpc) is 3.06. The Labute approximate surface area is 126 Å². The number of carboxylic acid groups (broad SMARTS) is 1. The summed E-state index contributed by atoms with van der Waals surface area (Å²) in [5.74, 6) is -1.59. The first-order valence-electron chi connectivity index (χ1n) is 6.78. The molecule has 1 aliphatic heterocycles. The minimum absolute atomic E-state index is 0.151. The number of ether oxygens (including phenoxy) is 1. The van der Waals surface area contributed by atoms with Crippen molar-refractivity contribution in [1.82, 2.24) is 15.2 Å². The monoisotopic (exact) mass is 313 g/mol. The minimum Gasteiger partial charge on any atom is -0.481 e. The SMILES string of the molecule is CCN(C(=O)NCc1scnc1C)C1COCC1C(=O)O. The van der Waals surface area contributed by atoms with Crippen LogP contribution in [-0.2, 0) is 16.1 Å². The number of likely N-dealkylation sites (N-methyl/N-ethyl adjacent to an activating group) is 1. The predicted octanol–water partition coefficient (Wildman–Crippen LogP) is 1.08. The van der Waals surface area contributed by atoms with Crippen LogP contribution in [0.25, 0.3) is 0 Å². The highest BCUT2D eigenvalue weighted by molar-refractivity contribution is 7.09. The second-order valence-electron chi connectivity index (χ2n) is 4.86. The summed E-state index contributed by atoms with van der Waals surface area (Å²) in [5.41, 5.74) is 2.63.